The van der Waals surface area contributed by atoms with Crippen LogP contribution in [0.15, 0.2) is 34.7 Å². The van der Waals surface area contributed by atoms with Crippen molar-refractivity contribution < 1.29 is 13.9 Å². The first kappa shape index (κ1) is 14.0. The number of anilines is 1. The number of halogens is 1. The van der Waals surface area contributed by atoms with Crippen molar-refractivity contribution in [3.05, 3.63) is 52.4 Å². The molecule has 0 spiro atoms. The number of carbonyl (C=O) groups is 1. The Labute approximate surface area is 120 Å². The minimum Gasteiger partial charge on any atom is -0.463 e. The van der Waals surface area contributed by atoms with E-state index in [0.717, 1.165) is 0 Å². The molecule has 0 saturated carbocycles. The Balaban J connectivity index is 2.04. The van der Waals surface area contributed by atoms with Crippen LogP contribution in [-0.2, 0) is 11.3 Å². The van der Waals surface area contributed by atoms with Gasteiger partial charge in [0.2, 0.25) is 5.76 Å². The van der Waals surface area contributed by atoms with Crippen molar-refractivity contribution in [3.63, 3.8) is 0 Å². The third-order valence-corrected chi connectivity index (χ3v) is 2.91. The zero-order valence-corrected chi connectivity index (χ0v) is 11.4. The summed E-state index contributed by atoms with van der Waals surface area (Å²) in [6, 6.07) is 10.2. The lowest BCUT2D eigenvalue weighted by atomic mass is 10.2. The molecule has 0 radical (unpaired) electrons. The number of nitrogens with one attached hydrogen (secondary N) is 1. The third-order valence-electron chi connectivity index (χ3n) is 2.60. The van der Waals surface area contributed by atoms with E-state index in [1.54, 1.807) is 30.3 Å². The van der Waals surface area contributed by atoms with Gasteiger partial charge in [0.05, 0.1) is 36.0 Å². The highest BCUT2D eigenvalue weighted by Gasteiger charge is 2.11. The molecule has 0 unspecified atom stereocenters. The van der Waals surface area contributed by atoms with Crippen molar-refractivity contribution in [3.8, 4) is 6.07 Å². The highest BCUT2D eigenvalue weighted by Crippen LogP contribution is 2.23. The lowest BCUT2D eigenvalue weighted by molar-refractivity contribution is 0.0563. The molecule has 6 heteroatoms. The number of hydrogen-bond acceptors (Lipinski definition) is 5. The second kappa shape index (κ2) is 6.13. The van der Waals surface area contributed by atoms with Gasteiger partial charge in [-0.2, -0.15) is 5.26 Å². The van der Waals surface area contributed by atoms with Gasteiger partial charge >= 0.3 is 5.97 Å². The highest BCUT2D eigenvalue weighted by atomic mass is 35.5. The van der Waals surface area contributed by atoms with E-state index >= 15 is 0 Å². The summed E-state index contributed by atoms with van der Waals surface area (Å²) in [5, 5.41) is 12.3. The van der Waals surface area contributed by atoms with Crippen LogP contribution in [0, 0.1) is 11.3 Å². The van der Waals surface area contributed by atoms with Gasteiger partial charge < -0.3 is 14.5 Å². The van der Waals surface area contributed by atoms with Crippen molar-refractivity contribution in [1.82, 2.24) is 0 Å². The molecule has 1 heterocycles. The van der Waals surface area contributed by atoms with Crippen molar-refractivity contribution in [1.29, 1.82) is 5.26 Å². The lowest BCUT2D eigenvalue weighted by Crippen LogP contribution is -2.00. The highest BCUT2D eigenvalue weighted by molar-refractivity contribution is 6.33. The number of furan rings is 1. The number of nitriles is 1. The molecule has 5 nitrogen and oxygen atoms in total. The fourth-order valence-electron chi connectivity index (χ4n) is 1.59. The zero-order chi connectivity index (χ0) is 14.5. The average Bonchev–Trinajstić information content (AvgIpc) is 2.94. The maximum atomic E-state index is 11.2. The van der Waals surface area contributed by atoms with E-state index in [1.165, 1.54) is 7.11 Å². The molecule has 2 rings (SSSR count). The molecule has 1 aromatic heterocycles. The fourth-order valence-corrected chi connectivity index (χ4v) is 1.84. The van der Waals surface area contributed by atoms with E-state index in [-0.39, 0.29) is 5.76 Å². The number of carbonyl (C=O) groups excluding carboxylic acids is 1. The van der Waals surface area contributed by atoms with Gasteiger partial charge in [-0.3, -0.25) is 0 Å². The normalized spacial score (nSPS) is 9.85. The van der Waals surface area contributed by atoms with Crippen LogP contribution in [0.3, 0.4) is 0 Å². The molecule has 20 heavy (non-hydrogen) atoms. The van der Waals surface area contributed by atoms with Crippen LogP contribution in [-0.4, -0.2) is 13.1 Å². The standard InChI is InChI=1S/C14H11ClN2O3/c1-19-14(18)13-5-3-10(20-13)8-17-12-4-2-9(7-16)6-11(12)15/h2-6,17H,8H2,1H3. The van der Waals surface area contributed by atoms with E-state index < -0.39 is 5.97 Å². The molecule has 0 bridgehead atoms. The largest absolute Gasteiger partial charge is 0.463 e. The van der Waals surface area contributed by atoms with Crippen molar-refractivity contribution in [2.24, 2.45) is 0 Å². The molecular formula is C14H11ClN2O3. The molecule has 0 aliphatic carbocycles. The minimum absolute atomic E-state index is 0.148. The van der Waals surface area contributed by atoms with E-state index in [4.69, 9.17) is 21.3 Å². The van der Waals surface area contributed by atoms with Crippen LogP contribution in [0.2, 0.25) is 5.02 Å². The molecule has 0 aliphatic rings. The number of benzene rings is 1. The summed E-state index contributed by atoms with van der Waals surface area (Å²) in [5.74, 6) is 0.203. The van der Waals surface area contributed by atoms with Gasteiger partial charge in [0.25, 0.3) is 0 Å². The Kier molecular flexibility index (Phi) is 4.28. The summed E-state index contributed by atoms with van der Waals surface area (Å²) >= 11 is 6.03. The van der Waals surface area contributed by atoms with E-state index in [9.17, 15) is 4.79 Å². The number of nitrogens with zero attached hydrogens (tertiary/aromatic N) is 1. The molecule has 1 N–H and O–H groups in total. The van der Waals surface area contributed by atoms with Crippen LogP contribution in [0.1, 0.15) is 21.9 Å². The van der Waals surface area contributed by atoms with Gasteiger partial charge in [-0.15, -0.1) is 0 Å². The molecule has 0 saturated heterocycles. The smallest absolute Gasteiger partial charge is 0.373 e. The first-order chi connectivity index (χ1) is 9.63. The monoisotopic (exact) mass is 290 g/mol. The zero-order valence-electron chi connectivity index (χ0n) is 10.6. The first-order valence-electron chi connectivity index (χ1n) is 5.74. The topological polar surface area (TPSA) is 75.3 Å². The molecule has 0 amide bonds. The summed E-state index contributed by atoms with van der Waals surface area (Å²) in [5.41, 5.74) is 1.17. The summed E-state index contributed by atoms with van der Waals surface area (Å²) in [4.78, 5) is 11.2. The maximum absolute atomic E-state index is 11.2. The van der Waals surface area contributed by atoms with Gasteiger partial charge in [0, 0.05) is 0 Å². The summed E-state index contributed by atoms with van der Waals surface area (Å²) in [6.45, 7) is 0.364. The minimum atomic E-state index is -0.521. The van der Waals surface area contributed by atoms with Gasteiger partial charge in [-0.05, 0) is 30.3 Å². The van der Waals surface area contributed by atoms with Gasteiger partial charge in [0.1, 0.15) is 5.76 Å². The fraction of sp³-hybridized carbons (Fsp3) is 0.143. The number of rotatable bonds is 4. The third kappa shape index (κ3) is 3.11. The van der Waals surface area contributed by atoms with Crippen LogP contribution in [0.25, 0.3) is 0 Å². The van der Waals surface area contributed by atoms with E-state index in [0.29, 0.717) is 28.6 Å². The van der Waals surface area contributed by atoms with Crippen LogP contribution in [0.5, 0.6) is 0 Å². The second-order valence-electron chi connectivity index (χ2n) is 3.92. The molecule has 0 aliphatic heterocycles. The lowest BCUT2D eigenvalue weighted by Gasteiger charge is -2.06. The van der Waals surface area contributed by atoms with Crippen molar-refractivity contribution in [2.75, 3.05) is 12.4 Å². The molecule has 0 fully saturated rings. The Morgan fingerprint density at radius 3 is 2.90 bits per heavy atom. The quantitative estimate of drug-likeness (QED) is 0.875. The number of ether oxygens (including phenoxy) is 1. The molecular weight excluding hydrogens is 280 g/mol. The molecule has 0 atom stereocenters. The Hall–Kier alpha value is -2.45. The predicted octanol–water partition coefficient (Wildman–Crippen LogP) is 3.20. The van der Waals surface area contributed by atoms with Crippen LogP contribution >= 0.6 is 11.6 Å². The number of methoxy groups -OCH3 is 1. The number of esters is 1. The second-order valence-corrected chi connectivity index (χ2v) is 4.32. The molecule has 102 valence electrons. The van der Waals surface area contributed by atoms with Crippen molar-refractivity contribution in [2.45, 2.75) is 6.54 Å². The van der Waals surface area contributed by atoms with E-state index in [2.05, 4.69) is 10.1 Å². The first-order valence-corrected chi connectivity index (χ1v) is 6.12. The molecule has 2 aromatic rings. The summed E-state index contributed by atoms with van der Waals surface area (Å²) < 4.78 is 9.86. The molecule has 1 aromatic carbocycles. The predicted molar refractivity (Wildman–Crippen MR) is 73.5 cm³/mol. The number of hydrogen-bond donors (Lipinski definition) is 1. The van der Waals surface area contributed by atoms with Gasteiger partial charge in [-0.25, -0.2) is 4.79 Å². The van der Waals surface area contributed by atoms with Crippen molar-refractivity contribution >= 4 is 23.3 Å². The average molecular weight is 291 g/mol. The Morgan fingerprint density at radius 2 is 2.25 bits per heavy atom. The Morgan fingerprint density at radius 1 is 1.45 bits per heavy atom. The summed E-state index contributed by atoms with van der Waals surface area (Å²) in [6.07, 6.45) is 0. The maximum Gasteiger partial charge on any atom is 0.373 e. The SMILES string of the molecule is COC(=O)c1ccc(CNc2ccc(C#N)cc2Cl)o1. The van der Waals surface area contributed by atoms with Gasteiger partial charge in [0.15, 0.2) is 0 Å². The summed E-state index contributed by atoms with van der Waals surface area (Å²) in [7, 11) is 1.29. The van der Waals surface area contributed by atoms with E-state index in [1.807, 2.05) is 6.07 Å². The van der Waals surface area contributed by atoms with Gasteiger partial charge in [-0.1, -0.05) is 11.6 Å². The Bertz CT molecular complexity index is 673. The van der Waals surface area contributed by atoms with Crippen LogP contribution < -0.4 is 5.32 Å². The van der Waals surface area contributed by atoms with Crippen LogP contribution in [0.4, 0.5) is 5.69 Å².